The Morgan fingerprint density at radius 3 is 2.55 bits per heavy atom. The average Bonchev–Trinajstić information content (AvgIpc) is 3.12. The third-order valence-corrected chi connectivity index (χ3v) is 5.96. The Bertz CT molecular complexity index is 506. The molecule has 108 valence electrons. The van der Waals surface area contributed by atoms with E-state index in [1.54, 1.807) is 12.1 Å². The summed E-state index contributed by atoms with van der Waals surface area (Å²) in [5, 5.41) is 4.22. The second kappa shape index (κ2) is 4.45. The molecule has 0 heterocycles. The maximum absolute atomic E-state index is 14.4. The van der Waals surface area contributed by atoms with Crippen LogP contribution >= 0.6 is 11.6 Å². The lowest BCUT2D eigenvalue weighted by Gasteiger charge is -2.62. The van der Waals surface area contributed by atoms with Gasteiger partial charge in [-0.2, -0.15) is 0 Å². The molecule has 3 saturated carbocycles. The van der Waals surface area contributed by atoms with E-state index in [-0.39, 0.29) is 11.2 Å². The average molecular weight is 294 g/mol. The van der Waals surface area contributed by atoms with Gasteiger partial charge in [-0.3, -0.25) is 0 Å². The van der Waals surface area contributed by atoms with Gasteiger partial charge >= 0.3 is 0 Å². The number of rotatable bonds is 4. The monoisotopic (exact) mass is 293 g/mol. The summed E-state index contributed by atoms with van der Waals surface area (Å²) >= 11 is 6.34. The Hall–Kier alpha value is -0.600. The van der Waals surface area contributed by atoms with Crippen LogP contribution in [0.5, 0.6) is 0 Å². The van der Waals surface area contributed by atoms with Crippen LogP contribution < -0.4 is 5.32 Å². The second-order valence-corrected chi connectivity index (χ2v) is 7.65. The van der Waals surface area contributed by atoms with Crippen molar-refractivity contribution in [3.63, 3.8) is 0 Å². The molecule has 0 aromatic heterocycles. The Morgan fingerprint density at radius 1 is 1.25 bits per heavy atom. The Kier molecular flexibility index (Phi) is 2.91. The van der Waals surface area contributed by atoms with Gasteiger partial charge in [-0.15, -0.1) is 0 Å². The summed E-state index contributed by atoms with van der Waals surface area (Å²) < 4.78 is 14.4. The quantitative estimate of drug-likeness (QED) is 0.866. The van der Waals surface area contributed by atoms with Crippen molar-refractivity contribution in [2.24, 2.45) is 5.41 Å². The predicted octanol–water partition coefficient (Wildman–Crippen LogP) is 4.43. The number of nitrogens with one attached hydrogen (secondary N) is 1. The van der Waals surface area contributed by atoms with E-state index in [0.29, 0.717) is 16.5 Å². The molecule has 0 bridgehead atoms. The summed E-state index contributed by atoms with van der Waals surface area (Å²) in [6.45, 7) is 0.889. The van der Waals surface area contributed by atoms with E-state index in [0.717, 1.165) is 24.9 Å². The zero-order valence-electron chi connectivity index (χ0n) is 11.7. The molecule has 4 rings (SSSR count). The van der Waals surface area contributed by atoms with Crippen molar-refractivity contribution in [1.82, 2.24) is 5.32 Å². The highest BCUT2D eigenvalue weighted by Crippen LogP contribution is 2.65. The Balaban J connectivity index is 1.63. The smallest absolute Gasteiger partial charge is 0.128 e. The van der Waals surface area contributed by atoms with Crippen LogP contribution in [0.1, 0.15) is 50.5 Å². The largest absolute Gasteiger partial charge is 0.313 e. The molecule has 3 aliphatic rings. The lowest BCUT2D eigenvalue weighted by molar-refractivity contribution is -0.0497. The molecular weight excluding hydrogens is 273 g/mol. The van der Waals surface area contributed by atoms with E-state index in [1.807, 2.05) is 6.07 Å². The van der Waals surface area contributed by atoms with Crippen molar-refractivity contribution in [3.8, 4) is 0 Å². The number of hydrogen-bond donors (Lipinski definition) is 1. The SMILES string of the molecule is Fc1cccc(Cl)c1C1(CNC2CC2)CC2(CCC2)C1. The second-order valence-electron chi connectivity index (χ2n) is 7.24. The molecule has 0 saturated heterocycles. The summed E-state index contributed by atoms with van der Waals surface area (Å²) in [5.41, 5.74) is 1.22. The summed E-state index contributed by atoms with van der Waals surface area (Å²) in [5.74, 6) is -0.121. The topological polar surface area (TPSA) is 12.0 Å². The fourth-order valence-corrected chi connectivity index (χ4v) is 4.80. The highest BCUT2D eigenvalue weighted by atomic mass is 35.5. The molecule has 20 heavy (non-hydrogen) atoms. The van der Waals surface area contributed by atoms with Gasteiger partial charge in [0.05, 0.1) is 0 Å². The van der Waals surface area contributed by atoms with Crippen LogP contribution in [0.4, 0.5) is 4.39 Å². The first-order valence-electron chi connectivity index (χ1n) is 7.81. The van der Waals surface area contributed by atoms with Crippen LogP contribution in [0.2, 0.25) is 5.02 Å². The molecule has 1 N–H and O–H groups in total. The van der Waals surface area contributed by atoms with Crippen molar-refractivity contribution < 1.29 is 4.39 Å². The van der Waals surface area contributed by atoms with Crippen LogP contribution in [0.3, 0.4) is 0 Å². The standard InChI is InChI=1S/C17H21ClFN/c18-13-3-1-4-14(19)15(13)17(11-20-12-5-6-12)9-16(10-17)7-2-8-16/h1,3-4,12,20H,2,5-11H2. The lowest BCUT2D eigenvalue weighted by Crippen LogP contribution is -2.58. The minimum Gasteiger partial charge on any atom is -0.313 e. The first-order valence-corrected chi connectivity index (χ1v) is 8.18. The molecule has 0 radical (unpaired) electrons. The molecule has 1 spiro atoms. The molecule has 3 heteroatoms. The Labute approximate surface area is 124 Å². The van der Waals surface area contributed by atoms with Crippen LogP contribution in [-0.2, 0) is 5.41 Å². The molecule has 1 nitrogen and oxygen atoms in total. The summed E-state index contributed by atoms with van der Waals surface area (Å²) in [6, 6.07) is 5.77. The predicted molar refractivity (Wildman–Crippen MR) is 79.6 cm³/mol. The van der Waals surface area contributed by atoms with E-state index < -0.39 is 0 Å². The zero-order chi connectivity index (χ0) is 13.8. The van der Waals surface area contributed by atoms with Gasteiger partial charge in [0.25, 0.3) is 0 Å². The van der Waals surface area contributed by atoms with Gasteiger partial charge in [0.1, 0.15) is 5.82 Å². The lowest BCUT2D eigenvalue weighted by atomic mass is 9.43. The van der Waals surface area contributed by atoms with Crippen LogP contribution in [0, 0.1) is 11.2 Å². The first-order chi connectivity index (χ1) is 9.63. The zero-order valence-corrected chi connectivity index (χ0v) is 12.5. The van der Waals surface area contributed by atoms with Crippen molar-refractivity contribution in [2.45, 2.75) is 56.4 Å². The van der Waals surface area contributed by atoms with Gasteiger partial charge in [0.15, 0.2) is 0 Å². The molecule has 0 unspecified atom stereocenters. The van der Waals surface area contributed by atoms with Gasteiger partial charge in [-0.25, -0.2) is 4.39 Å². The minimum absolute atomic E-state index is 0.0641. The van der Waals surface area contributed by atoms with Gasteiger partial charge < -0.3 is 5.32 Å². The molecule has 0 amide bonds. The summed E-state index contributed by atoms with van der Waals surface area (Å²) in [4.78, 5) is 0. The molecule has 0 atom stereocenters. The first kappa shape index (κ1) is 13.1. The fraction of sp³-hybridized carbons (Fsp3) is 0.647. The maximum Gasteiger partial charge on any atom is 0.128 e. The van der Waals surface area contributed by atoms with Crippen LogP contribution in [-0.4, -0.2) is 12.6 Å². The number of benzene rings is 1. The number of halogens is 2. The third-order valence-electron chi connectivity index (χ3n) is 5.64. The van der Waals surface area contributed by atoms with E-state index >= 15 is 0 Å². The third kappa shape index (κ3) is 2.00. The minimum atomic E-state index is -0.121. The van der Waals surface area contributed by atoms with Gasteiger partial charge in [0.2, 0.25) is 0 Å². The van der Waals surface area contributed by atoms with Crippen molar-refractivity contribution in [1.29, 1.82) is 0 Å². The van der Waals surface area contributed by atoms with Crippen LogP contribution in [0.15, 0.2) is 18.2 Å². The molecular formula is C17H21ClFN. The van der Waals surface area contributed by atoms with Crippen molar-refractivity contribution >= 4 is 11.6 Å². The maximum atomic E-state index is 14.4. The number of hydrogen-bond acceptors (Lipinski definition) is 1. The normalized spacial score (nSPS) is 26.1. The van der Waals surface area contributed by atoms with Crippen LogP contribution in [0.25, 0.3) is 0 Å². The van der Waals surface area contributed by atoms with E-state index in [4.69, 9.17) is 11.6 Å². The van der Waals surface area contributed by atoms with E-state index in [9.17, 15) is 4.39 Å². The molecule has 3 aliphatic carbocycles. The van der Waals surface area contributed by atoms with E-state index in [2.05, 4.69) is 5.32 Å². The highest BCUT2D eigenvalue weighted by molar-refractivity contribution is 6.31. The van der Waals surface area contributed by atoms with Gasteiger partial charge in [-0.05, 0) is 56.1 Å². The molecule has 3 fully saturated rings. The van der Waals surface area contributed by atoms with Gasteiger partial charge in [-0.1, -0.05) is 24.1 Å². The van der Waals surface area contributed by atoms with Gasteiger partial charge in [0, 0.05) is 28.6 Å². The van der Waals surface area contributed by atoms with Crippen molar-refractivity contribution in [3.05, 3.63) is 34.6 Å². The molecule has 0 aliphatic heterocycles. The van der Waals surface area contributed by atoms with E-state index in [1.165, 1.54) is 32.1 Å². The summed E-state index contributed by atoms with van der Waals surface area (Å²) in [7, 11) is 0. The summed E-state index contributed by atoms with van der Waals surface area (Å²) in [6.07, 6.45) is 8.75. The Morgan fingerprint density at radius 2 is 2.00 bits per heavy atom. The van der Waals surface area contributed by atoms with Crippen molar-refractivity contribution in [2.75, 3.05) is 6.54 Å². The fourth-order valence-electron chi connectivity index (χ4n) is 4.44. The molecule has 1 aromatic carbocycles. The highest BCUT2D eigenvalue weighted by Gasteiger charge is 2.58. The molecule has 1 aromatic rings.